The van der Waals surface area contributed by atoms with Gasteiger partial charge >= 0.3 is 0 Å². The maximum atomic E-state index is 12.3. The van der Waals surface area contributed by atoms with Gasteiger partial charge in [0.25, 0.3) is 0 Å². The number of nitrogens with zero attached hydrogens (tertiary/aromatic N) is 2. The summed E-state index contributed by atoms with van der Waals surface area (Å²) in [6.45, 7) is 3.49. The molecule has 2 N–H and O–H groups in total. The highest BCUT2D eigenvalue weighted by Gasteiger charge is 2.15. The van der Waals surface area contributed by atoms with Crippen LogP contribution in [0.2, 0.25) is 0 Å². The van der Waals surface area contributed by atoms with E-state index >= 15 is 0 Å². The first-order valence-corrected chi connectivity index (χ1v) is 7.13. The Morgan fingerprint density at radius 2 is 2.00 bits per heavy atom. The Morgan fingerprint density at radius 3 is 2.59 bits per heavy atom. The smallest absolute Gasteiger partial charge is 0.228 e. The molecule has 5 nitrogen and oxygen atoms in total. The van der Waals surface area contributed by atoms with Crippen LogP contribution < -0.4 is 5.73 Å². The average Bonchev–Trinajstić information content (AvgIpc) is 2.89. The third kappa shape index (κ3) is 5.50. The van der Waals surface area contributed by atoms with Gasteiger partial charge in [0, 0.05) is 25.7 Å². The highest BCUT2D eigenvalue weighted by molar-refractivity contribution is 5.85. The molecule has 0 aliphatic carbocycles. The van der Waals surface area contributed by atoms with E-state index in [-0.39, 0.29) is 24.7 Å². The second-order valence-electron chi connectivity index (χ2n) is 5.01. The number of aromatic nitrogens is 1. The molecule has 0 saturated carbocycles. The molecule has 1 aromatic heterocycles. The molecule has 120 valence electrons. The summed E-state index contributed by atoms with van der Waals surface area (Å²) in [4.78, 5) is 14.1. The molecule has 2 rings (SSSR count). The van der Waals surface area contributed by atoms with Crippen LogP contribution in [0.5, 0.6) is 0 Å². The van der Waals surface area contributed by atoms with Crippen LogP contribution in [0.15, 0.2) is 40.9 Å². The zero-order chi connectivity index (χ0) is 15.1. The van der Waals surface area contributed by atoms with Gasteiger partial charge in [0.15, 0.2) is 0 Å². The summed E-state index contributed by atoms with van der Waals surface area (Å²) in [6.07, 6.45) is 1.08. The lowest BCUT2D eigenvalue weighted by molar-refractivity contribution is -0.130. The third-order valence-corrected chi connectivity index (χ3v) is 3.27. The Labute approximate surface area is 136 Å². The Bertz CT molecular complexity index is 572. The van der Waals surface area contributed by atoms with Crippen LogP contribution in [0.1, 0.15) is 17.0 Å². The van der Waals surface area contributed by atoms with Crippen LogP contribution in [0, 0.1) is 6.92 Å². The van der Waals surface area contributed by atoms with Gasteiger partial charge in [-0.05, 0) is 18.9 Å². The zero-order valence-corrected chi connectivity index (χ0v) is 13.5. The molecule has 0 atom stereocenters. The molecule has 1 heterocycles. The van der Waals surface area contributed by atoms with Crippen LogP contribution in [-0.4, -0.2) is 35.6 Å². The summed E-state index contributed by atoms with van der Waals surface area (Å²) < 4.78 is 4.99. The molecular formula is C16H22ClN3O2. The minimum absolute atomic E-state index is 0. The Morgan fingerprint density at radius 1 is 1.27 bits per heavy atom. The van der Waals surface area contributed by atoms with E-state index in [4.69, 9.17) is 10.3 Å². The lowest BCUT2D eigenvalue weighted by Crippen LogP contribution is -2.37. The summed E-state index contributed by atoms with van der Waals surface area (Å²) in [5, 5.41) is 3.86. The van der Waals surface area contributed by atoms with Crippen molar-refractivity contribution < 1.29 is 9.32 Å². The first-order chi connectivity index (χ1) is 10.2. The largest absolute Gasteiger partial charge is 0.361 e. The number of carbonyl (C=O) groups excluding carboxylic acids is 1. The summed E-state index contributed by atoms with van der Waals surface area (Å²) in [6, 6.07) is 11.9. The van der Waals surface area contributed by atoms with Gasteiger partial charge in [-0.25, -0.2) is 0 Å². The minimum Gasteiger partial charge on any atom is -0.361 e. The maximum Gasteiger partial charge on any atom is 0.228 e. The molecule has 0 unspecified atom stereocenters. The standard InChI is InChI=1S/C16H21N3O2.ClH/c1-13-11-15(18-21-13)12-16(20)19(10-8-17)9-7-14-5-3-2-4-6-14;/h2-6,11H,7-10,12,17H2,1H3;1H. The molecular weight excluding hydrogens is 302 g/mol. The summed E-state index contributed by atoms with van der Waals surface area (Å²) in [5.41, 5.74) is 7.48. The van der Waals surface area contributed by atoms with E-state index in [9.17, 15) is 4.79 Å². The predicted molar refractivity (Wildman–Crippen MR) is 88.0 cm³/mol. The van der Waals surface area contributed by atoms with Gasteiger partial charge < -0.3 is 15.2 Å². The molecule has 1 amide bonds. The lowest BCUT2D eigenvalue weighted by atomic mass is 10.1. The Balaban J connectivity index is 0.00000242. The molecule has 0 radical (unpaired) electrons. The van der Waals surface area contributed by atoms with Crippen molar-refractivity contribution >= 4 is 18.3 Å². The molecule has 0 aliphatic heterocycles. The average molecular weight is 324 g/mol. The van der Waals surface area contributed by atoms with Crippen molar-refractivity contribution in [1.82, 2.24) is 10.1 Å². The maximum absolute atomic E-state index is 12.3. The Hall–Kier alpha value is -1.85. The van der Waals surface area contributed by atoms with Gasteiger partial charge in [-0.1, -0.05) is 35.5 Å². The summed E-state index contributed by atoms with van der Waals surface area (Å²) in [5.74, 6) is 0.747. The zero-order valence-electron chi connectivity index (χ0n) is 12.7. The molecule has 0 bridgehead atoms. The molecule has 0 fully saturated rings. The number of rotatable bonds is 7. The number of hydrogen-bond donors (Lipinski definition) is 1. The number of halogens is 1. The number of carbonyl (C=O) groups is 1. The van der Waals surface area contributed by atoms with E-state index in [2.05, 4.69) is 17.3 Å². The fourth-order valence-electron chi connectivity index (χ4n) is 2.19. The second kappa shape index (κ2) is 9.23. The SMILES string of the molecule is Cc1cc(CC(=O)N(CCN)CCc2ccccc2)no1.Cl. The summed E-state index contributed by atoms with van der Waals surface area (Å²) >= 11 is 0. The van der Waals surface area contributed by atoms with E-state index < -0.39 is 0 Å². The van der Waals surface area contributed by atoms with E-state index in [1.807, 2.05) is 25.1 Å². The van der Waals surface area contributed by atoms with Crippen LogP contribution in [0.3, 0.4) is 0 Å². The van der Waals surface area contributed by atoms with Crippen molar-refractivity contribution in [3.63, 3.8) is 0 Å². The van der Waals surface area contributed by atoms with Gasteiger partial charge in [-0.15, -0.1) is 12.4 Å². The number of nitrogens with two attached hydrogens (primary N) is 1. The third-order valence-electron chi connectivity index (χ3n) is 3.27. The molecule has 0 spiro atoms. The Kier molecular flexibility index (Phi) is 7.63. The van der Waals surface area contributed by atoms with Crippen molar-refractivity contribution in [2.24, 2.45) is 5.73 Å². The molecule has 1 aromatic carbocycles. The minimum atomic E-state index is 0. The molecule has 22 heavy (non-hydrogen) atoms. The van der Waals surface area contributed by atoms with E-state index in [1.54, 1.807) is 11.0 Å². The quantitative estimate of drug-likeness (QED) is 0.845. The second-order valence-corrected chi connectivity index (χ2v) is 5.01. The van der Waals surface area contributed by atoms with Gasteiger partial charge in [0.05, 0.1) is 12.1 Å². The fourth-order valence-corrected chi connectivity index (χ4v) is 2.19. The van der Waals surface area contributed by atoms with Crippen molar-refractivity contribution in [3.8, 4) is 0 Å². The number of hydrogen-bond acceptors (Lipinski definition) is 4. The number of aryl methyl sites for hydroxylation is 1. The van der Waals surface area contributed by atoms with Crippen LogP contribution in [-0.2, 0) is 17.6 Å². The van der Waals surface area contributed by atoms with Crippen molar-refractivity contribution in [2.45, 2.75) is 19.8 Å². The van der Waals surface area contributed by atoms with Gasteiger partial charge in [0.2, 0.25) is 5.91 Å². The first-order valence-electron chi connectivity index (χ1n) is 7.13. The monoisotopic (exact) mass is 323 g/mol. The van der Waals surface area contributed by atoms with Crippen LogP contribution in [0.25, 0.3) is 0 Å². The van der Waals surface area contributed by atoms with Crippen molar-refractivity contribution in [3.05, 3.63) is 53.4 Å². The lowest BCUT2D eigenvalue weighted by Gasteiger charge is -2.21. The topological polar surface area (TPSA) is 72.4 Å². The summed E-state index contributed by atoms with van der Waals surface area (Å²) in [7, 11) is 0. The highest BCUT2D eigenvalue weighted by Crippen LogP contribution is 2.06. The first kappa shape index (κ1) is 18.2. The normalized spacial score (nSPS) is 10.1. The van der Waals surface area contributed by atoms with Gasteiger partial charge in [-0.3, -0.25) is 4.79 Å². The van der Waals surface area contributed by atoms with E-state index in [1.165, 1.54) is 5.56 Å². The number of amides is 1. The van der Waals surface area contributed by atoms with Crippen molar-refractivity contribution in [1.29, 1.82) is 0 Å². The predicted octanol–water partition coefficient (Wildman–Crippen LogP) is 1.98. The van der Waals surface area contributed by atoms with E-state index in [0.717, 1.165) is 6.42 Å². The molecule has 0 aliphatic rings. The highest BCUT2D eigenvalue weighted by atomic mass is 35.5. The fraction of sp³-hybridized carbons (Fsp3) is 0.375. The van der Waals surface area contributed by atoms with Crippen LogP contribution in [0.4, 0.5) is 0 Å². The molecule has 6 heteroatoms. The molecule has 2 aromatic rings. The number of benzene rings is 1. The van der Waals surface area contributed by atoms with Crippen LogP contribution >= 0.6 is 12.4 Å². The van der Waals surface area contributed by atoms with Gasteiger partial charge in [-0.2, -0.15) is 0 Å². The molecule has 0 saturated heterocycles. The van der Waals surface area contributed by atoms with E-state index in [0.29, 0.717) is 31.1 Å². The van der Waals surface area contributed by atoms with Gasteiger partial charge in [0.1, 0.15) is 5.76 Å². The van der Waals surface area contributed by atoms with Crippen molar-refractivity contribution in [2.75, 3.05) is 19.6 Å².